The van der Waals surface area contributed by atoms with Crippen molar-refractivity contribution in [2.24, 2.45) is 0 Å². The van der Waals surface area contributed by atoms with E-state index in [1.54, 1.807) is 0 Å². The van der Waals surface area contributed by atoms with Crippen LogP contribution in [0.2, 0.25) is 0 Å². The fourth-order valence-electron chi connectivity index (χ4n) is 2.13. The molecule has 0 aliphatic carbocycles. The Balaban J connectivity index is 2.26. The van der Waals surface area contributed by atoms with E-state index in [1.165, 1.54) is 16.3 Å². The lowest BCUT2D eigenvalue weighted by Crippen LogP contribution is -1.88. The van der Waals surface area contributed by atoms with Crippen LogP contribution >= 0.6 is 0 Å². The molecule has 0 bridgehead atoms. The SMILES string of the molecule is Cc1nc(-c2ccccc2)cc2ccccc12. The number of nitrogens with zero attached hydrogens (tertiary/aromatic N) is 1. The zero-order chi connectivity index (χ0) is 11.7. The second-order valence-electron chi connectivity index (χ2n) is 4.18. The van der Waals surface area contributed by atoms with Crippen molar-refractivity contribution in [2.75, 3.05) is 0 Å². The van der Waals surface area contributed by atoms with Gasteiger partial charge in [0.15, 0.2) is 0 Å². The van der Waals surface area contributed by atoms with E-state index in [9.17, 15) is 0 Å². The van der Waals surface area contributed by atoms with Crippen molar-refractivity contribution in [3.63, 3.8) is 0 Å². The summed E-state index contributed by atoms with van der Waals surface area (Å²) in [5.74, 6) is 0. The molecule has 17 heavy (non-hydrogen) atoms. The minimum Gasteiger partial charge on any atom is -0.252 e. The molecule has 1 heteroatoms. The van der Waals surface area contributed by atoms with Crippen LogP contribution < -0.4 is 0 Å². The van der Waals surface area contributed by atoms with Crippen LogP contribution in [0.4, 0.5) is 0 Å². The molecule has 82 valence electrons. The molecule has 2 aromatic carbocycles. The van der Waals surface area contributed by atoms with Gasteiger partial charge in [0.2, 0.25) is 0 Å². The molecule has 1 nitrogen and oxygen atoms in total. The van der Waals surface area contributed by atoms with Crippen LogP contribution in [-0.4, -0.2) is 4.98 Å². The van der Waals surface area contributed by atoms with E-state index < -0.39 is 0 Å². The molecule has 0 unspecified atom stereocenters. The first-order valence-corrected chi connectivity index (χ1v) is 5.76. The summed E-state index contributed by atoms with van der Waals surface area (Å²) in [7, 11) is 0. The Morgan fingerprint density at radius 2 is 1.53 bits per heavy atom. The number of hydrogen-bond acceptors (Lipinski definition) is 1. The topological polar surface area (TPSA) is 12.9 Å². The van der Waals surface area contributed by atoms with Crippen LogP contribution in [0.25, 0.3) is 22.0 Å². The molecular formula is C16H13N. The average molecular weight is 219 g/mol. The quantitative estimate of drug-likeness (QED) is 0.597. The Hall–Kier alpha value is -2.15. The molecule has 0 aliphatic rings. The second-order valence-corrected chi connectivity index (χ2v) is 4.18. The minimum atomic E-state index is 1.04. The molecule has 0 aliphatic heterocycles. The summed E-state index contributed by atoms with van der Waals surface area (Å²) in [6, 6.07) is 20.8. The Kier molecular flexibility index (Phi) is 2.37. The van der Waals surface area contributed by atoms with E-state index in [2.05, 4.69) is 54.4 Å². The van der Waals surface area contributed by atoms with Crippen molar-refractivity contribution >= 4 is 10.8 Å². The van der Waals surface area contributed by atoms with E-state index in [1.807, 2.05) is 18.2 Å². The molecule has 0 atom stereocenters. The summed E-state index contributed by atoms with van der Waals surface area (Å²) < 4.78 is 0. The fraction of sp³-hybridized carbons (Fsp3) is 0.0625. The third-order valence-electron chi connectivity index (χ3n) is 3.00. The highest BCUT2D eigenvalue weighted by Gasteiger charge is 2.03. The molecule has 0 fully saturated rings. The van der Waals surface area contributed by atoms with Crippen molar-refractivity contribution in [2.45, 2.75) is 6.92 Å². The lowest BCUT2D eigenvalue weighted by molar-refractivity contribution is 1.24. The van der Waals surface area contributed by atoms with Crippen LogP contribution in [0.15, 0.2) is 60.7 Å². The number of pyridine rings is 1. The molecule has 0 radical (unpaired) electrons. The van der Waals surface area contributed by atoms with E-state index >= 15 is 0 Å². The number of benzene rings is 2. The molecule has 0 saturated carbocycles. The number of rotatable bonds is 1. The van der Waals surface area contributed by atoms with Crippen LogP contribution in [0, 0.1) is 6.92 Å². The highest BCUT2D eigenvalue weighted by Crippen LogP contribution is 2.24. The summed E-state index contributed by atoms with van der Waals surface area (Å²) in [5, 5.41) is 2.48. The third kappa shape index (κ3) is 1.80. The zero-order valence-corrected chi connectivity index (χ0v) is 9.72. The summed E-state index contributed by atoms with van der Waals surface area (Å²) >= 11 is 0. The predicted octanol–water partition coefficient (Wildman–Crippen LogP) is 4.21. The second kappa shape index (κ2) is 4.02. The maximum atomic E-state index is 4.67. The van der Waals surface area contributed by atoms with Crippen molar-refractivity contribution < 1.29 is 0 Å². The predicted molar refractivity (Wildman–Crippen MR) is 71.9 cm³/mol. The highest BCUT2D eigenvalue weighted by atomic mass is 14.7. The van der Waals surface area contributed by atoms with E-state index in [0.29, 0.717) is 0 Å². The zero-order valence-electron chi connectivity index (χ0n) is 9.72. The van der Waals surface area contributed by atoms with Gasteiger partial charge in [0.25, 0.3) is 0 Å². The summed E-state index contributed by atoms with van der Waals surface area (Å²) in [5.41, 5.74) is 3.30. The average Bonchev–Trinajstić information content (AvgIpc) is 2.40. The van der Waals surface area contributed by atoms with Crippen LogP contribution in [-0.2, 0) is 0 Å². The lowest BCUT2D eigenvalue weighted by Gasteiger charge is -2.06. The van der Waals surface area contributed by atoms with Gasteiger partial charge in [-0.1, -0.05) is 54.6 Å². The molecule has 1 aromatic heterocycles. The first-order valence-electron chi connectivity index (χ1n) is 5.76. The first-order chi connectivity index (χ1) is 8.34. The molecular weight excluding hydrogens is 206 g/mol. The van der Waals surface area contributed by atoms with Crippen LogP contribution in [0.3, 0.4) is 0 Å². The van der Waals surface area contributed by atoms with Gasteiger partial charge >= 0.3 is 0 Å². The summed E-state index contributed by atoms with van der Waals surface area (Å²) in [6.45, 7) is 2.06. The minimum absolute atomic E-state index is 1.04. The lowest BCUT2D eigenvalue weighted by atomic mass is 10.1. The van der Waals surface area contributed by atoms with Crippen LogP contribution in [0.1, 0.15) is 5.69 Å². The Bertz CT molecular complexity index is 657. The maximum Gasteiger partial charge on any atom is 0.0711 e. The number of aryl methyl sites for hydroxylation is 1. The molecule has 0 saturated heterocycles. The number of hydrogen-bond donors (Lipinski definition) is 0. The van der Waals surface area contributed by atoms with Gasteiger partial charge in [0.05, 0.1) is 5.69 Å². The van der Waals surface area contributed by atoms with Crippen molar-refractivity contribution in [3.8, 4) is 11.3 Å². The van der Waals surface area contributed by atoms with Crippen molar-refractivity contribution in [1.82, 2.24) is 4.98 Å². The van der Waals surface area contributed by atoms with Gasteiger partial charge in [-0.25, -0.2) is 0 Å². The van der Waals surface area contributed by atoms with Crippen molar-refractivity contribution in [3.05, 3.63) is 66.4 Å². The molecule has 3 rings (SSSR count). The Morgan fingerprint density at radius 3 is 2.35 bits per heavy atom. The van der Waals surface area contributed by atoms with Gasteiger partial charge in [-0.3, -0.25) is 4.98 Å². The largest absolute Gasteiger partial charge is 0.252 e. The molecule has 3 aromatic rings. The van der Waals surface area contributed by atoms with E-state index in [0.717, 1.165) is 11.4 Å². The first kappa shape index (κ1) is 10.0. The molecule has 0 N–H and O–H groups in total. The van der Waals surface area contributed by atoms with Gasteiger partial charge in [-0.2, -0.15) is 0 Å². The smallest absolute Gasteiger partial charge is 0.0711 e. The van der Waals surface area contributed by atoms with Gasteiger partial charge in [-0.15, -0.1) is 0 Å². The maximum absolute atomic E-state index is 4.67. The standard InChI is InChI=1S/C16H13N/c1-12-15-10-6-5-9-14(15)11-16(17-12)13-7-3-2-4-8-13/h2-11H,1H3. The number of aromatic nitrogens is 1. The van der Waals surface area contributed by atoms with E-state index in [4.69, 9.17) is 0 Å². The van der Waals surface area contributed by atoms with E-state index in [-0.39, 0.29) is 0 Å². The fourth-order valence-corrected chi connectivity index (χ4v) is 2.13. The number of fused-ring (bicyclic) bond motifs is 1. The van der Waals surface area contributed by atoms with Gasteiger partial charge in [-0.05, 0) is 18.4 Å². The van der Waals surface area contributed by atoms with Crippen LogP contribution in [0.5, 0.6) is 0 Å². The highest BCUT2D eigenvalue weighted by molar-refractivity contribution is 5.87. The van der Waals surface area contributed by atoms with Crippen molar-refractivity contribution in [1.29, 1.82) is 0 Å². The van der Waals surface area contributed by atoms with Gasteiger partial charge in [0, 0.05) is 16.6 Å². The molecule has 1 heterocycles. The Labute approximate surface area is 101 Å². The summed E-state index contributed by atoms with van der Waals surface area (Å²) in [6.07, 6.45) is 0. The monoisotopic (exact) mass is 219 g/mol. The van der Waals surface area contributed by atoms with Gasteiger partial charge < -0.3 is 0 Å². The molecule has 0 amide bonds. The Morgan fingerprint density at radius 1 is 0.824 bits per heavy atom. The summed E-state index contributed by atoms with van der Waals surface area (Å²) in [4.78, 5) is 4.67. The normalized spacial score (nSPS) is 10.6. The molecule has 0 spiro atoms. The third-order valence-corrected chi connectivity index (χ3v) is 3.00. The van der Waals surface area contributed by atoms with Gasteiger partial charge in [0.1, 0.15) is 0 Å².